The molecule has 0 saturated carbocycles. The molecule has 1 fully saturated rings. The minimum Gasteiger partial charge on any atom is -0.354 e. The molecule has 0 aromatic carbocycles. The highest BCUT2D eigenvalue weighted by atomic mass is 32.1. The minimum atomic E-state index is 0.652. The molecule has 2 aromatic rings. The third-order valence-electron chi connectivity index (χ3n) is 4.01. The second-order valence-electron chi connectivity index (χ2n) is 5.45. The Hall–Kier alpha value is -1.43. The molecule has 2 aromatic heterocycles. The molecule has 0 spiro atoms. The van der Waals surface area contributed by atoms with Gasteiger partial charge in [-0.3, -0.25) is 4.90 Å². The first-order valence-corrected chi connectivity index (χ1v) is 8.24. The summed E-state index contributed by atoms with van der Waals surface area (Å²) in [6.07, 6.45) is 1.87. The van der Waals surface area contributed by atoms with E-state index in [-0.39, 0.29) is 0 Å². The molecule has 5 heteroatoms. The van der Waals surface area contributed by atoms with Gasteiger partial charge in [-0.05, 0) is 30.7 Å². The Balaban J connectivity index is 1.57. The first-order chi connectivity index (χ1) is 10.3. The van der Waals surface area contributed by atoms with Crippen LogP contribution in [0, 0.1) is 6.92 Å². The number of rotatable bonds is 4. The lowest BCUT2D eigenvalue weighted by molar-refractivity contribution is 0.249. The normalized spacial score (nSPS) is 16.4. The number of nitrogens with zero attached hydrogens (tertiary/aromatic N) is 3. The topological polar surface area (TPSA) is 45.4 Å². The van der Waals surface area contributed by atoms with Crippen molar-refractivity contribution in [1.29, 1.82) is 0 Å². The molecular formula is C16H22N4S. The van der Waals surface area contributed by atoms with E-state index in [1.54, 1.807) is 0 Å². The lowest BCUT2D eigenvalue weighted by Crippen LogP contribution is -2.46. The second-order valence-corrected chi connectivity index (χ2v) is 6.79. The van der Waals surface area contributed by atoms with Crippen molar-refractivity contribution in [3.63, 3.8) is 0 Å². The Bertz CT molecular complexity index is 573. The maximum Gasteiger partial charge on any atom is 0.128 e. The molecule has 112 valence electrons. The molecule has 3 rings (SSSR count). The van der Waals surface area contributed by atoms with Crippen LogP contribution in [0.15, 0.2) is 30.5 Å². The highest BCUT2D eigenvalue weighted by molar-refractivity contribution is 7.12. The molecule has 1 saturated heterocycles. The van der Waals surface area contributed by atoms with E-state index >= 15 is 0 Å². The van der Waals surface area contributed by atoms with Crippen LogP contribution in [-0.2, 0) is 13.1 Å². The highest BCUT2D eigenvalue weighted by Gasteiger charge is 2.19. The predicted octanol–water partition coefficient (Wildman–Crippen LogP) is 2.23. The molecule has 3 heterocycles. The van der Waals surface area contributed by atoms with Gasteiger partial charge in [0.05, 0.1) is 0 Å². The van der Waals surface area contributed by atoms with Crippen LogP contribution in [0.4, 0.5) is 5.82 Å². The molecule has 2 N–H and O–H groups in total. The van der Waals surface area contributed by atoms with Gasteiger partial charge in [0.15, 0.2) is 0 Å². The summed E-state index contributed by atoms with van der Waals surface area (Å²) in [5.74, 6) is 1.09. The van der Waals surface area contributed by atoms with E-state index < -0.39 is 0 Å². The van der Waals surface area contributed by atoms with Crippen LogP contribution in [0.2, 0.25) is 0 Å². The Labute approximate surface area is 130 Å². The first-order valence-electron chi connectivity index (χ1n) is 7.43. The number of anilines is 1. The quantitative estimate of drug-likeness (QED) is 0.941. The standard InChI is InChI=1S/C16H22N4S/c1-13-14(10-15(11-17)21-13)12-19-6-8-20(9-7-19)16-4-2-3-5-18-16/h2-5,10H,6-9,11-12,17H2,1H3. The molecule has 0 unspecified atom stereocenters. The van der Waals surface area contributed by atoms with Crippen molar-refractivity contribution in [3.8, 4) is 0 Å². The van der Waals surface area contributed by atoms with E-state index in [9.17, 15) is 0 Å². The summed E-state index contributed by atoms with van der Waals surface area (Å²) >= 11 is 1.83. The number of piperazine rings is 1. The van der Waals surface area contributed by atoms with Crippen molar-refractivity contribution < 1.29 is 0 Å². The Morgan fingerprint density at radius 2 is 2.05 bits per heavy atom. The summed E-state index contributed by atoms with van der Waals surface area (Å²) in [6, 6.07) is 8.38. The van der Waals surface area contributed by atoms with Gasteiger partial charge < -0.3 is 10.6 Å². The average Bonchev–Trinajstić information content (AvgIpc) is 2.89. The Morgan fingerprint density at radius 3 is 2.67 bits per heavy atom. The molecule has 1 aliphatic heterocycles. The maximum atomic E-state index is 5.73. The molecule has 0 bridgehead atoms. The third-order valence-corrected chi connectivity index (χ3v) is 5.13. The van der Waals surface area contributed by atoms with Crippen LogP contribution in [0.3, 0.4) is 0 Å². The zero-order valence-corrected chi connectivity index (χ0v) is 13.3. The monoisotopic (exact) mass is 302 g/mol. The molecule has 21 heavy (non-hydrogen) atoms. The van der Waals surface area contributed by atoms with Gasteiger partial charge in [0, 0.05) is 55.2 Å². The van der Waals surface area contributed by atoms with Crippen LogP contribution < -0.4 is 10.6 Å². The van der Waals surface area contributed by atoms with Gasteiger partial charge in [-0.1, -0.05) is 6.07 Å². The van der Waals surface area contributed by atoms with Gasteiger partial charge >= 0.3 is 0 Å². The van der Waals surface area contributed by atoms with Crippen LogP contribution in [-0.4, -0.2) is 36.1 Å². The number of hydrogen-bond acceptors (Lipinski definition) is 5. The Kier molecular flexibility index (Phi) is 4.53. The maximum absolute atomic E-state index is 5.73. The van der Waals surface area contributed by atoms with Gasteiger partial charge in [-0.2, -0.15) is 0 Å². The van der Waals surface area contributed by atoms with Gasteiger partial charge in [0.2, 0.25) is 0 Å². The van der Waals surface area contributed by atoms with E-state index in [4.69, 9.17) is 5.73 Å². The summed E-state index contributed by atoms with van der Waals surface area (Å²) in [6.45, 7) is 8.15. The fraction of sp³-hybridized carbons (Fsp3) is 0.438. The number of thiophene rings is 1. The summed E-state index contributed by atoms with van der Waals surface area (Å²) in [5.41, 5.74) is 7.17. The zero-order valence-electron chi connectivity index (χ0n) is 12.5. The first kappa shape index (κ1) is 14.5. The number of aryl methyl sites for hydroxylation is 1. The number of pyridine rings is 1. The van der Waals surface area contributed by atoms with E-state index in [0.717, 1.165) is 38.5 Å². The second kappa shape index (κ2) is 6.56. The average molecular weight is 302 g/mol. The zero-order chi connectivity index (χ0) is 14.7. The summed E-state index contributed by atoms with van der Waals surface area (Å²) < 4.78 is 0. The van der Waals surface area contributed by atoms with Crippen molar-refractivity contribution in [2.24, 2.45) is 5.73 Å². The number of hydrogen-bond donors (Lipinski definition) is 1. The lowest BCUT2D eigenvalue weighted by Gasteiger charge is -2.35. The summed E-state index contributed by atoms with van der Waals surface area (Å²) in [5, 5.41) is 0. The number of nitrogens with two attached hydrogens (primary N) is 1. The van der Waals surface area contributed by atoms with Crippen LogP contribution in [0.1, 0.15) is 15.3 Å². The summed E-state index contributed by atoms with van der Waals surface area (Å²) in [7, 11) is 0. The van der Waals surface area contributed by atoms with Crippen molar-refractivity contribution in [3.05, 3.63) is 45.8 Å². The number of aromatic nitrogens is 1. The Morgan fingerprint density at radius 1 is 1.24 bits per heavy atom. The van der Waals surface area contributed by atoms with Crippen molar-refractivity contribution in [2.45, 2.75) is 20.0 Å². The molecular weight excluding hydrogens is 280 g/mol. The molecule has 0 amide bonds. The molecule has 0 radical (unpaired) electrons. The predicted molar refractivity (Wildman–Crippen MR) is 88.7 cm³/mol. The van der Waals surface area contributed by atoms with Gasteiger partial charge in [0.1, 0.15) is 5.82 Å². The third kappa shape index (κ3) is 3.43. The summed E-state index contributed by atoms with van der Waals surface area (Å²) in [4.78, 5) is 12.0. The smallest absolute Gasteiger partial charge is 0.128 e. The van der Waals surface area contributed by atoms with E-state index in [1.807, 2.05) is 23.6 Å². The van der Waals surface area contributed by atoms with E-state index in [0.29, 0.717) is 6.54 Å². The fourth-order valence-corrected chi connectivity index (χ4v) is 3.69. The van der Waals surface area contributed by atoms with Crippen molar-refractivity contribution >= 4 is 17.2 Å². The van der Waals surface area contributed by atoms with Crippen LogP contribution >= 0.6 is 11.3 Å². The van der Waals surface area contributed by atoms with E-state index in [1.165, 1.54) is 15.3 Å². The SMILES string of the molecule is Cc1sc(CN)cc1CN1CCN(c2ccccn2)CC1. The van der Waals surface area contributed by atoms with Crippen LogP contribution in [0.5, 0.6) is 0 Å². The minimum absolute atomic E-state index is 0.652. The van der Waals surface area contributed by atoms with Crippen molar-refractivity contribution in [2.75, 3.05) is 31.1 Å². The van der Waals surface area contributed by atoms with Gasteiger partial charge in [-0.25, -0.2) is 4.98 Å². The molecule has 1 aliphatic rings. The van der Waals surface area contributed by atoms with Gasteiger partial charge in [0.25, 0.3) is 0 Å². The molecule has 0 atom stereocenters. The molecule has 0 aliphatic carbocycles. The van der Waals surface area contributed by atoms with E-state index in [2.05, 4.69) is 39.9 Å². The largest absolute Gasteiger partial charge is 0.354 e. The van der Waals surface area contributed by atoms with Gasteiger partial charge in [-0.15, -0.1) is 11.3 Å². The molecule has 4 nitrogen and oxygen atoms in total. The lowest BCUT2D eigenvalue weighted by atomic mass is 10.2. The van der Waals surface area contributed by atoms with Crippen LogP contribution in [0.25, 0.3) is 0 Å². The van der Waals surface area contributed by atoms with Crippen molar-refractivity contribution in [1.82, 2.24) is 9.88 Å². The highest BCUT2D eigenvalue weighted by Crippen LogP contribution is 2.23. The fourth-order valence-electron chi connectivity index (χ4n) is 2.76.